The zero-order valence-corrected chi connectivity index (χ0v) is 15.9. The van der Waals surface area contributed by atoms with Gasteiger partial charge in [-0.2, -0.15) is 5.26 Å². The van der Waals surface area contributed by atoms with Gasteiger partial charge in [0.25, 0.3) is 15.2 Å². The molecule has 1 N–H and O–H groups in total. The largest absolute Gasteiger partial charge is 0.431 e. The Morgan fingerprint density at radius 2 is 2.00 bits per heavy atom. The summed E-state index contributed by atoms with van der Waals surface area (Å²) in [6.07, 6.45) is 1.22. The van der Waals surface area contributed by atoms with Gasteiger partial charge in [-0.25, -0.2) is 13.4 Å². The number of hydrogen-bond acceptors (Lipinski definition) is 6. The van der Waals surface area contributed by atoms with E-state index in [1.54, 1.807) is 30.3 Å². The van der Waals surface area contributed by atoms with Crippen LogP contribution in [-0.2, 0) is 10.0 Å². The van der Waals surface area contributed by atoms with E-state index >= 15 is 0 Å². The Kier molecular flexibility index (Phi) is 5.71. The van der Waals surface area contributed by atoms with E-state index < -0.39 is 10.0 Å². The number of rotatable bonds is 7. The molecule has 0 bridgehead atoms. The SMILES string of the molecule is N#CCCCSc1nc2cc(S(=O)(=O)Nc3ccc(Cl)cc3)ccc2o1. The number of sulfonamides is 1. The summed E-state index contributed by atoms with van der Waals surface area (Å²) in [5.41, 5.74) is 1.40. The quantitative estimate of drug-likeness (QED) is 0.451. The van der Waals surface area contributed by atoms with E-state index in [-0.39, 0.29) is 4.90 Å². The summed E-state index contributed by atoms with van der Waals surface area (Å²) >= 11 is 7.20. The highest BCUT2D eigenvalue weighted by Gasteiger charge is 2.17. The lowest BCUT2D eigenvalue weighted by atomic mass is 10.3. The van der Waals surface area contributed by atoms with Gasteiger partial charge in [0.1, 0.15) is 5.52 Å². The molecule has 3 rings (SSSR count). The summed E-state index contributed by atoms with van der Waals surface area (Å²) in [6, 6.07) is 13.0. The molecule has 9 heteroatoms. The molecule has 1 aromatic heterocycles. The lowest BCUT2D eigenvalue weighted by Crippen LogP contribution is -2.12. The van der Waals surface area contributed by atoms with Crippen molar-refractivity contribution in [1.82, 2.24) is 4.98 Å². The molecule has 3 aromatic rings. The maximum absolute atomic E-state index is 12.5. The molecule has 2 aromatic carbocycles. The molecule has 6 nitrogen and oxygen atoms in total. The maximum Gasteiger partial charge on any atom is 0.261 e. The lowest BCUT2D eigenvalue weighted by molar-refractivity contribution is 0.489. The van der Waals surface area contributed by atoms with Crippen molar-refractivity contribution in [2.24, 2.45) is 0 Å². The fourth-order valence-electron chi connectivity index (χ4n) is 2.16. The van der Waals surface area contributed by atoms with Crippen LogP contribution in [0.2, 0.25) is 5.02 Å². The Hall–Kier alpha value is -2.21. The molecule has 0 amide bonds. The molecule has 0 atom stereocenters. The first kappa shape index (κ1) is 18.6. The standard InChI is InChI=1S/C17H14ClN3O3S2/c18-12-3-5-13(6-4-12)21-26(22,23)14-7-8-16-15(11-14)20-17(24-16)25-10-2-1-9-19/h3-8,11,21H,1-2,10H2. The van der Waals surface area contributed by atoms with Crippen molar-refractivity contribution in [2.45, 2.75) is 23.0 Å². The summed E-state index contributed by atoms with van der Waals surface area (Å²) in [4.78, 5) is 4.40. The van der Waals surface area contributed by atoms with Gasteiger partial charge in [-0.3, -0.25) is 4.72 Å². The first-order valence-electron chi connectivity index (χ1n) is 7.67. The Labute approximate surface area is 160 Å². The third-order valence-corrected chi connectivity index (χ3v) is 5.95. The van der Waals surface area contributed by atoms with Gasteiger partial charge >= 0.3 is 0 Å². The molecule has 26 heavy (non-hydrogen) atoms. The van der Waals surface area contributed by atoms with Crippen molar-refractivity contribution in [1.29, 1.82) is 5.26 Å². The Balaban J connectivity index is 1.79. The van der Waals surface area contributed by atoms with Gasteiger partial charge in [-0.15, -0.1) is 0 Å². The molecular formula is C17H14ClN3O3S2. The number of oxazole rings is 1. The number of nitrogens with one attached hydrogen (secondary N) is 1. The normalized spacial score (nSPS) is 11.4. The number of halogens is 1. The Morgan fingerprint density at radius 1 is 1.23 bits per heavy atom. The molecule has 0 aliphatic carbocycles. The van der Waals surface area contributed by atoms with Crippen LogP contribution in [0.1, 0.15) is 12.8 Å². The second kappa shape index (κ2) is 7.99. The number of thioether (sulfide) groups is 1. The number of benzene rings is 2. The highest BCUT2D eigenvalue weighted by molar-refractivity contribution is 7.99. The lowest BCUT2D eigenvalue weighted by Gasteiger charge is -2.07. The average Bonchev–Trinajstić information content (AvgIpc) is 3.02. The minimum absolute atomic E-state index is 0.0919. The summed E-state index contributed by atoms with van der Waals surface area (Å²) < 4.78 is 33.2. The fourth-order valence-corrected chi connectivity index (χ4v) is 4.14. The number of fused-ring (bicyclic) bond motifs is 1. The number of aromatic nitrogens is 1. The monoisotopic (exact) mass is 407 g/mol. The topological polar surface area (TPSA) is 96.0 Å². The van der Waals surface area contributed by atoms with Crippen LogP contribution in [0.4, 0.5) is 5.69 Å². The molecule has 134 valence electrons. The first-order valence-corrected chi connectivity index (χ1v) is 10.5. The smallest absolute Gasteiger partial charge is 0.261 e. The molecular weight excluding hydrogens is 394 g/mol. The molecule has 0 radical (unpaired) electrons. The van der Waals surface area contributed by atoms with Crippen molar-refractivity contribution in [2.75, 3.05) is 10.5 Å². The van der Waals surface area contributed by atoms with Gasteiger partial charge in [0, 0.05) is 22.9 Å². The van der Waals surface area contributed by atoms with Crippen LogP contribution in [0.5, 0.6) is 0 Å². The summed E-state index contributed by atoms with van der Waals surface area (Å²) in [6.45, 7) is 0. The van der Waals surface area contributed by atoms with E-state index in [4.69, 9.17) is 21.3 Å². The minimum atomic E-state index is -3.75. The van der Waals surface area contributed by atoms with Crippen molar-refractivity contribution >= 4 is 50.2 Å². The molecule has 0 aliphatic heterocycles. The average molecular weight is 408 g/mol. The molecule has 1 heterocycles. The van der Waals surface area contributed by atoms with E-state index in [9.17, 15) is 8.42 Å². The van der Waals surface area contributed by atoms with Gasteiger partial charge in [0.2, 0.25) is 0 Å². The molecule has 0 spiro atoms. The first-order chi connectivity index (χ1) is 12.5. The summed E-state index contributed by atoms with van der Waals surface area (Å²) in [5.74, 6) is 0.712. The van der Waals surface area contributed by atoms with E-state index in [1.165, 1.54) is 23.9 Å². The molecule has 0 aliphatic rings. The van der Waals surface area contributed by atoms with Crippen LogP contribution in [0.15, 0.2) is 57.0 Å². The van der Waals surface area contributed by atoms with Gasteiger partial charge in [0.15, 0.2) is 5.58 Å². The van der Waals surface area contributed by atoms with Crippen molar-refractivity contribution in [3.63, 3.8) is 0 Å². The number of unbranched alkanes of at least 4 members (excludes halogenated alkanes) is 1. The van der Waals surface area contributed by atoms with Gasteiger partial charge in [-0.05, 0) is 48.9 Å². The summed E-state index contributed by atoms with van der Waals surface area (Å²) in [7, 11) is -3.75. The number of nitrogens with zero attached hydrogens (tertiary/aromatic N) is 2. The van der Waals surface area contributed by atoms with E-state index in [0.717, 1.165) is 6.42 Å². The van der Waals surface area contributed by atoms with Crippen LogP contribution >= 0.6 is 23.4 Å². The molecule has 0 saturated carbocycles. The van der Waals surface area contributed by atoms with Crippen LogP contribution in [-0.4, -0.2) is 19.2 Å². The summed E-state index contributed by atoms with van der Waals surface area (Å²) in [5, 5.41) is 9.52. The van der Waals surface area contributed by atoms with Crippen molar-refractivity contribution < 1.29 is 12.8 Å². The molecule has 0 saturated heterocycles. The molecule has 0 unspecified atom stereocenters. The third-order valence-electron chi connectivity index (χ3n) is 3.40. The van der Waals surface area contributed by atoms with Gasteiger partial charge < -0.3 is 4.42 Å². The highest BCUT2D eigenvalue weighted by Crippen LogP contribution is 2.27. The zero-order valence-electron chi connectivity index (χ0n) is 13.5. The predicted molar refractivity (Wildman–Crippen MR) is 102 cm³/mol. The van der Waals surface area contributed by atoms with Crippen LogP contribution in [0.3, 0.4) is 0 Å². The van der Waals surface area contributed by atoms with Crippen molar-refractivity contribution in [3.05, 3.63) is 47.5 Å². The predicted octanol–water partition coefficient (Wildman–Crippen LogP) is 4.68. The van der Waals surface area contributed by atoms with E-state index in [0.29, 0.717) is 39.2 Å². The van der Waals surface area contributed by atoms with Crippen molar-refractivity contribution in [3.8, 4) is 6.07 Å². The number of hydrogen-bond donors (Lipinski definition) is 1. The van der Waals surface area contributed by atoms with Gasteiger partial charge in [0.05, 0.1) is 11.0 Å². The molecule has 0 fully saturated rings. The van der Waals surface area contributed by atoms with Crippen LogP contribution in [0.25, 0.3) is 11.1 Å². The highest BCUT2D eigenvalue weighted by atomic mass is 35.5. The Bertz CT molecular complexity index is 1060. The zero-order chi connectivity index (χ0) is 18.6. The Morgan fingerprint density at radius 3 is 2.73 bits per heavy atom. The third kappa shape index (κ3) is 4.49. The van der Waals surface area contributed by atoms with E-state index in [1.807, 2.05) is 0 Å². The van der Waals surface area contributed by atoms with Gasteiger partial charge in [-0.1, -0.05) is 23.4 Å². The minimum Gasteiger partial charge on any atom is -0.431 e. The van der Waals surface area contributed by atoms with E-state index in [2.05, 4.69) is 15.8 Å². The van der Waals surface area contributed by atoms with Crippen LogP contribution < -0.4 is 4.72 Å². The number of nitriles is 1. The fraction of sp³-hybridized carbons (Fsp3) is 0.176. The second-order valence-corrected chi connectivity index (χ2v) is 8.50. The maximum atomic E-state index is 12.5. The number of anilines is 1. The van der Waals surface area contributed by atoms with Crippen LogP contribution in [0, 0.1) is 11.3 Å². The second-order valence-electron chi connectivity index (χ2n) is 5.33.